The molecular weight excluding hydrogens is 326 g/mol. The van der Waals surface area contributed by atoms with Crippen molar-refractivity contribution in [3.8, 4) is 16.2 Å². The number of methoxy groups -OCH3 is 1. The van der Waals surface area contributed by atoms with Gasteiger partial charge in [0.15, 0.2) is 5.82 Å². The smallest absolute Gasteiger partial charge is 0.151 e. The predicted molar refractivity (Wildman–Crippen MR) is 97.0 cm³/mol. The van der Waals surface area contributed by atoms with Crippen LogP contribution < -0.4 is 10.1 Å². The lowest BCUT2D eigenvalue weighted by Gasteiger charge is -2.10. The normalized spacial score (nSPS) is 10.8. The second kappa shape index (κ2) is 5.98. The Morgan fingerprint density at radius 2 is 2.04 bits per heavy atom. The van der Waals surface area contributed by atoms with Crippen molar-refractivity contribution in [3.63, 3.8) is 0 Å². The van der Waals surface area contributed by atoms with Gasteiger partial charge < -0.3 is 10.1 Å². The van der Waals surface area contributed by atoms with Crippen LogP contribution in [-0.2, 0) is 0 Å². The maximum atomic E-state index is 5.39. The standard InChI is InChI=1S/C17H13N3OS2/c1-21-14-5-3-2-4-12(14)20-17-16-13(18-10-19-17)8-15(23-16)11-6-7-22-9-11/h2-10H,1H3,(H,18,19,20). The topological polar surface area (TPSA) is 47.0 Å². The molecule has 1 aromatic carbocycles. The van der Waals surface area contributed by atoms with E-state index in [0.29, 0.717) is 0 Å². The van der Waals surface area contributed by atoms with Gasteiger partial charge in [0.2, 0.25) is 0 Å². The maximum Gasteiger partial charge on any atom is 0.151 e. The number of anilines is 2. The number of fused-ring (bicyclic) bond motifs is 1. The van der Waals surface area contributed by atoms with Crippen LogP contribution in [0, 0.1) is 0 Å². The molecule has 0 saturated heterocycles. The van der Waals surface area contributed by atoms with Crippen LogP contribution in [0.15, 0.2) is 53.5 Å². The van der Waals surface area contributed by atoms with E-state index in [4.69, 9.17) is 4.74 Å². The summed E-state index contributed by atoms with van der Waals surface area (Å²) in [5.74, 6) is 1.58. The number of rotatable bonds is 4. The average Bonchev–Trinajstić information content (AvgIpc) is 3.25. The molecule has 114 valence electrons. The van der Waals surface area contributed by atoms with Crippen molar-refractivity contribution in [1.82, 2.24) is 9.97 Å². The van der Waals surface area contributed by atoms with Gasteiger partial charge in [-0.05, 0) is 35.0 Å². The Morgan fingerprint density at radius 1 is 1.13 bits per heavy atom. The largest absolute Gasteiger partial charge is 0.495 e. The molecule has 4 aromatic rings. The lowest BCUT2D eigenvalue weighted by atomic mass is 10.2. The number of thiophene rings is 2. The van der Waals surface area contributed by atoms with Gasteiger partial charge in [0.05, 0.1) is 23.0 Å². The molecule has 4 rings (SSSR count). The minimum absolute atomic E-state index is 0.786. The van der Waals surface area contributed by atoms with Gasteiger partial charge in [-0.1, -0.05) is 12.1 Å². The van der Waals surface area contributed by atoms with Crippen LogP contribution in [0.25, 0.3) is 20.7 Å². The first kappa shape index (κ1) is 14.2. The van der Waals surface area contributed by atoms with E-state index in [0.717, 1.165) is 27.5 Å². The van der Waals surface area contributed by atoms with Crippen LogP contribution in [0.2, 0.25) is 0 Å². The molecule has 0 unspecified atom stereocenters. The molecule has 0 saturated carbocycles. The van der Waals surface area contributed by atoms with Gasteiger partial charge in [-0.25, -0.2) is 9.97 Å². The number of hydrogen-bond acceptors (Lipinski definition) is 6. The van der Waals surface area contributed by atoms with Gasteiger partial charge in [-0.15, -0.1) is 11.3 Å². The first-order valence-electron chi connectivity index (χ1n) is 7.02. The average molecular weight is 339 g/mol. The quantitative estimate of drug-likeness (QED) is 0.557. The highest BCUT2D eigenvalue weighted by atomic mass is 32.1. The summed E-state index contributed by atoms with van der Waals surface area (Å²) in [5.41, 5.74) is 3.06. The zero-order valence-corrected chi connectivity index (χ0v) is 13.9. The van der Waals surface area contributed by atoms with Crippen molar-refractivity contribution in [3.05, 3.63) is 53.5 Å². The van der Waals surface area contributed by atoms with E-state index in [1.165, 1.54) is 10.4 Å². The third kappa shape index (κ3) is 2.67. The summed E-state index contributed by atoms with van der Waals surface area (Å²) in [6.45, 7) is 0. The lowest BCUT2D eigenvalue weighted by molar-refractivity contribution is 0.417. The minimum Gasteiger partial charge on any atom is -0.495 e. The molecule has 0 fully saturated rings. The second-order valence-electron chi connectivity index (χ2n) is 4.88. The van der Waals surface area contributed by atoms with Gasteiger partial charge in [0, 0.05) is 10.4 Å². The SMILES string of the molecule is COc1ccccc1Nc1ncnc2cc(-c3ccsc3)sc12. The molecule has 3 heterocycles. The molecule has 23 heavy (non-hydrogen) atoms. The fourth-order valence-corrected chi connectivity index (χ4v) is 4.15. The lowest BCUT2D eigenvalue weighted by Crippen LogP contribution is -1.96. The van der Waals surface area contributed by atoms with Crippen molar-refractivity contribution >= 4 is 44.4 Å². The second-order valence-corrected chi connectivity index (χ2v) is 6.72. The molecule has 6 heteroatoms. The summed E-state index contributed by atoms with van der Waals surface area (Å²) in [4.78, 5) is 9.99. The van der Waals surface area contributed by atoms with Crippen molar-refractivity contribution in [2.24, 2.45) is 0 Å². The van der Waals surface area contributed by atoms with Gasteiger partial charge in [-0.2, -0.15) is 11.3 Å². The Kier molecular flexibility index (Phi) is 3.69. The van der Waals surface area contributed by atoms with Crippen LogP contribution in [0.4, 0.5) is 11.5 Å². The predicted octanol–water partition coefficient (Wildman–Crippen LogP) is 5.17. The van der Waals surface area contributed by atoms with E-state index in [1.54, 1.807) is 36.1 Å². The summed E-state index contributed by atoms with van der Waals surface area (Å²) in [7, 11) is 1.66. The van der Waals surface area contributed by atoms with Crippen LogP contribution >= 0.6 is 22.7 Å². The summed E-state index contributed by atoms with van der Waals surface area (Å²) in [5, 5.41) is 7.59. The van der Waals surface area contributed by atoms with E-state index in [9.17, 15) is 0 Å². The zero-order valence-electron chi connectivity index (χ0n) is 12.3. The molecule has 0 atom stereocenters. The number of hydrogen-bond donors (Lipinski definition) is 1. The Bertz CT molecular complexity index is 948. The maximum absolute atomic E-state index is 5.39. The third-order valence-corrected chi connectivity index (χ3v) is 5.34. The molecule has 0 spiro atoms. The van der Waals surface area contributed by atoms with E-state index in [1.807, 2.05) is 24.3 Å². The molecule has 0 aliphatic carbocycles. The molecule has 0 radical (unpaired) electrons. The van der Waals surface area contributed by atoms with Gasteiger partial charge in [-0.3, -0.25) is 0 Å². The molecule has 0 aliphatic rings. The molecule has 3 aromatic heterocycles. The van der Waals surface area contributed by atoms with Crippen molar-refractivity contribution in [2.45, 2.75) is 0 Å². The zero-order chi connectivity index (χ0) is 15.6. The van der Waals surface area contributed by atoms with Crippen LogP contribution in [0.1, 0.15) is 0 Å². The molecule has 1 N–H and O–H groups in total. The molecule has 0 bridgehead atoms. The molecule has 0 amide bonds. The molecule has 4 nitrogen and oxygen atoms in total. The van der Waals surface area contributed by atoms with E-state index < -0.39 is 0 Å². The first-order chi connectivity index (χ1) is 11.3. The van der Waals surface area contributed by atoms with Crippen LogP contribution in [-0.4, -0.2) is 17.1 Å². The van der Waals surface area contributed by atoms with Crippen molar-refractivity contribution < 1.29 is 4.74 Å². The minimum atomic E-state index is 0.786. The Hall–Kier alpha value is -2.44. The highest BCUT2D eigenvalue weighted by Crippen LogP contribution is 2.38. The molecule has 0 aliphatic heterocycles. The summed E-state index contributed by atoms with van der Waals surface area (Å²) >= 11 is 3.39. The third-order valence-electron chi connectivity index (χ3n) is 3.48. The van der Waals surface area contributed by atoms with Crippen molar-refractivity contribution in [1.29, 1.82) is 0 Å². The van der Waals surface area contributed by atoms with Crippen LogP contribution in [0.5, 0.6) is 5.75 Å². The number of ether oxygens (including phenoxy) is 1. The first-order valence-corrected chi connectivity index (χ1v) is 8.78. The van der Waals surface area contributed by atoms with Crippen molar-refractivity contribution in [2.75, 3.05) is 12.4 Å². The number of nitrogens with zero attached hydrogens (tertiary/aromatic N) is 2. The van der Waals surface area contributed by atoms with Gasteiger partial charge >= 0.3 is 0 Å². The van der Waals surface area contributed by atoms with Gasteiger partial charge in [0.1, 0.15) is 12.1 Å². The fraction of sp³-hybridized carbons (Fsp3) is 0.0588. The summed E-state index contributed by atoms with van der Waals surface area (Å²) in [6.07, 6.45) is 1.59. The number of para-hydroxylation sites is 2. The van der Waals surface area contributed by atoms with E-state index in [2.05, 4.69) is 38.2 Å². The number of benzene rings is 1. The monoisotopic (exact) mass is 339 g/mol. The Morgan fingerprint density at radius 3 is 2.87 bits per heavy atom. The number of aromatic nitrogens is 2. The highest BCUT2D eigenvalue weighted by Gasteiger charge is 2.12. The Balaban J connectivity index is 1.78. The van der Waals surface area contributed by atoms with Crippen LogP contribution in [0.3, 0.4) is 0 Å². The molecular formula is C17H13N3OS2. The van der Waals surface area contributed by atoms with E-state index >= 15 is 0 Å². The summed E-state index contributed by atoms with van der Waals surface area (Å²) < 4.78 is 6.43. The Labute approximate surface area is 141 Å². The fourth-order valence-electron chi connectivity index (χ4n) is 2.37. The highest BCUT2D eigenvalue weighted by molar-refractivity contribution is 7.23. The number of nitrogens with one attached hydrogen (secondary N) is 1. The van der Waals surface area contributed by atoms with E-state index in [-0.39, 0.29) is 0 Å². The van der Waals surface area contributed by atoms with Gasteiger partial charge in [0.25, 0.3) is 0 Å². The summed E-state index contributed by atoms with van der Waals surface area (Å²) in [6, 6.07) is 12.0.